The topological polar surface area (TPSA) is 87.7 Å². The molecule has 7 nitrogen and oxygen atoms in total. The van der Waals surface area contributed by atoms with Gasteiger partial charge in [-0.2, -0.15) is 0 Å². The number of methoxy groups -OCH3 is 1. The summed E-state index contributed by atoms with van der Waals surface area (Å²) in [5, 5.41) is 4.82. The molecule has 0 unspecified atom stereocenters. The fourth-order valence-electron chi connectivity index (χ4n) is 1.34. The predicted octanol–water partition coefficient (Wildman–Crippen LogP) is 0.352. The summed E-state index contributed by atoms with van der Waals surface area (Å²) in [6.07, 6.45) is 0. The molecule has 0 saturated heterocycles. The van der Waals surface area contributed by atoms with E-state index in [1.54, 1.807) is 4.90 Å². The molecule has 0 bridgehead atoms. The summed E-state index contributed by atoms with van der Waals surface area (Å²) in [4.78, 5) is 36.0. The monoisotopic (exact) mass is 287 g/mol. The minimum atomic E-state index is -0.523. The van der Waals surface area contributed by atoms with Gasteiger partial charge in [0.2, 0.25) is 5.91 Å². The van der Waals surface area contributed by atoms with Crippen molar-refractivity contribution in [2.24, 2.45) is 5.92 Å². The summed E-state index contributed by atoms with van der Waals surface area (Å²) in [6.45, 7) is 8.09. The first-order valence-electron chi connectivity index (χ1n) is 6.64. The number of carbonyl (C=O) groups excluding carboxylic acids is 3. The fraction of sp³-hybridized carbons (Fsp3) is 0.769. The van der Waals surface area contributed by atoms with Gasteiger partial charge in [-0.3, -0.25) is 19.8 Å². The molecule has 0 aliphatic heterocycles. The Morgan fingerprint density at radius 2 is 1.70 bits per heavy atom. The number of rotatable bonds is 7. The molecule has 0 spiro atoms. The van der Waals surface area contributed by atoms with Crippen molar-refractivity contribution < 1.29 is 19.1 Å². The van der Waals surface area contributed by atoms with E-state index >= 15 is 0 Å². The molecule has 20 heavy (non-hydrogen) atoms. The summed E-state index contributed by atoms with van der Waals surface area (Å²) < 4.78 is 4.57. The van der Waals surface area contributed by atoms with Crippen molar-refractivity contribution in [2.45, 2.75) is 33.7 Å². The van der Waals surface area contributed by atoms with Crippen molar-refractivity contribution in [3.8, 4) is 0 Å². The van der Waals surface area contributed by atoms with Gasteiger partial charge >= 0.3 is 12.0 Å². The van der Waals surface area contributed by atoms with Crippen molar-refractivity contribution in [1.29, 1.82) is 0 Å². The summed E-state index contributed by atoms with van der Waals surface area (Å²) >= 11 is 0. The van der Waals surface area contributed by atoms with Gasteiger partial charge in [0.15, 0.2) is 0 Å². The first-order chi connectivity index (χ1) is 9.26. The number of ether oxygens (including phenoxy) is 1. The van der Waals surface area contributed by atoms with Gasteiger partial charge in [-0.1, -0.05) is 13.8 Å². The molecular weight excluding hydrogens is 262 g/mol. The van der Waals surface area contributed by atoms with Crippen LogP contribution < -0.4 is 10.6 Å². The third-order valence-electron chi connectivity index (χ3n) is 2.56. The Kier molecular flexibility index (Phi) is 8.54. The molecule has 0 aromatic heterocycles. The van der Waals surface area contributed by atoms with Crippen molar-refractivity contribution in [3.63, 3.8) is 0 Å². The third kappa shape index (κ3) is 8.47. The lowest BCUT2D eigenvalue weighted by Crippen LogP contribution is -2.48. The van der Waals surface area contributed by atoms with E-state index in [1.807, 2.05) is 27.7 Å². The van der Waals surface area contributed by atoms with E-state index in [1.165, 1.54) is 7.11 Å². The molecule has 0 aromatic rings. The zero-order valence-electron chi connectivity index (χ0n) is 12.9. The molecule has 3 amide bonds. The van der Waals surface area contributed by atoms with Gasteiger partial charge in [-0.15, -0.1) is 0 Å². The summed E-state index contributed by atoms with van der Waals surface area (Å²) in [5.41, 5.74) is 0. The molecule has 0 radical (unpaired) electrons. The zero-order valence-corrected chi connectivity index (χ0v) is 12.9. The molecule has 0 aromatic carbocycles. The number of nitrogens with one attached hydrogen (secondary N) is 2. The largest absolute Gasteiger partial charge is 0.468 e. The lowest BCUT2D eigenvalue weighted by Gasteiger charge is -2.24. The minimum Gasteiger partial charge on any atom is -0.468 e. The number of esters is 1. The van der Waals surface area contributed by atoms with Crippen LogP contribution in [0.3, 0.4) is 0 Å². The Morgan fingerprint density at radius 3 is 2.15 bits per heavy atom. The Hall–Kier alpha value is -1.63. The molecule has 2 N–H and O–H groups in total. The van der Waals surface area contributed by atoms with Crippen molar-refractivity contribution in [3.05, 3.63) is 0 Å². The number of hydrogen-bond donors (Lipinski definition) is 2. The van der Waals surface area contributed by atoms with Crippen LogP contribution in [-0.2, 0) is 14.3 Å². The molecule has 0 fully saturated rings. The fourth-order valence-corrected chi connectivity index (χ4v) is 1.34. The van der Waals surface area contributed by atoms with Gasteiger partial charge < -0.3 is 10.1 Å². The quantitative estimate of drug-likeness (QED) is 0.660. The molecule has 116 valence electrons. The Balaban J connectivity index is 4.25. The molecule has 0 rings (SSSR count). The first-order valence-corrected chi connectivity index (χ1v) is 6.64. The number of amides is 3. The normalized spacial score (nSPS) is 10.8. The highest BCUT2D eigenvalue weighted by atomic mass is 16.5. The van der Waals surface area contributed by atoms with Gasteiger partial charge in [0.25, 0.3) is 0 Å². The molecule has 7 heteroatoms. The molecule has 0 atom stereocenters. The molecule has 0 saturated carbocycles. The van der Waals surface area contributed by atoms with Gasteiger partial charge in [0.05, 0.1) is 20.2 Å². The van der Waals surface area contributed by atoms with Crippen LogP contribution in [0.4, 0.5) is 4.79 Å². The number of hydrogen-bond acceptors (Lipinski definition) is 5. The lowest BCUT2D eigenvalue weighted by molar-refractivity contribution is -0.142. The standard InChI is InChI=1S/C13H25N3O4/c1-9(2)6-14-13(19)15-11(17)7-16(10(3)4)8-12(18)20-5/h9-10H,6-8H2,1-5H3,(H2,14,15,17,19). The second-order valence-corrected chi connectivity index (χ2v) is 5.23. The minimum absolute atomic E-state index is 0.00913. The van der Waals surface area contributed by atoms with Crippen molar-refractivity contribution >= 4 is 17.9 Å². The Morgan fingerprint density at radius 1 is 1.10 bits per heavy atom. The van der Waals surface area contributed by atoms with Gasteiger partial charge in [-0.25, -0.2) is 4.79 Å². The maximum atomic E-state index is 11.7. The Labute approximate surface area is 120 Å². The number of carbonyl (C=O) groups is 3. The number of nitrogens with zero attached hydrogens (tertiary/aromatic N) is 1. The van der Waals surface area contributed by atoms with Gasteiger partial charge in [0.1, 0.15) is 0 Å². The average molecular weight is 287 g/mol. The van der Waals surface area contributed by atoms with E-state index in [2.05, 4.69) is 15.4 Å². The Bertz CT molecular complexity index is 343. The molecular formula is C13H25N3O4. The van der Waals surface area contributed by atoms with Crippen LogP contribution in [0.2, 0.25) is 0 Å². The highest BCUT2D eigenvalue weighted by Crippen LogP contribution is 1.98. The summed E-state index contributed by atoms with van der Waals surface area (Å²) in [7, 11) is 1.29. The maximum Gasteiger partial charge on any atom is 0.321 e. The highest BCUT2D eigenvalue weighted by molar-refractivity contribution is 5.95. The maximum absolute atomic E-state index is 11.7. The first kappa shape index (κ1) is 18.4. The highest BCUT2D eigenvalue weighted by Gasteiger charge is 2.18. The molecule has 0 aliphatic rings. The second kappa shape index (κ2) is 9.30. The van der Waals surface area contributed by atoms with Crippen molar-refractivity contribution in [1.82, 2.24) is 15.5 Å². The van der Waals surface area contributed by atoms with E-state index in [0.29, 0.717) is 12.5 Å². The van der Waals surface area contributed by atoms with E-state index in [4.69, 9.17) is 0 Å². The smallest absolute Gasteiger partial charge is 0.321 e. The third-order valence-corrected chi connectivity index (χ3v) is 2.56. The lowest BCUT2D eigenvalue weighted by atomic mass is 10.2. The molecule has 0 heterocycles. The summed E-state index contributed by atoms with van der Waals surface area (Å²) in [6, 6.07) is -0.538. The van der Waals surface area contributed by atoms with Crippen LogP contribution in [0.5, 0.6) is 0 Å². The number of urea groups is 1. The van der Waals surface area contributed by atoms with Crippen LogP contribution in [0.1, 0.15) is 27.7 Å². The van der Waals surface area contributed by atoms with Crippen LogP contribution in [0, 0.1) is 5.92 Å². The van der Waals surface area contributed by atoms with Crippen LogP contribution in [-0.4, -0.2) is 55.6 Å². The number of imide groups is 1. The zero-order chi connectivity index (χ0) is 15.7. The van der Waals surface area contributed by atoms with E-state index in [-0.39, 0.29) is 19.1 Å². The summed E-state index contributed by atoms with van der Waals surface area (Å²) in [5.74, 6) is -0.568. The van der Waals surface area contributed by atoms with E-state index < -0.39 is 17.9 Å². The van der Waals surface area contributed by atoms with Crippen LogP contribution >= 0.6 is 0 Å². The van der Waals surface area contributed by atoms with Gasteiger partial charge in [-0.05, 0) is 19.8 Å². The average Bonchev–Trinajstić information content (AvgIpc) is 2.35. The molecule has 0 aliphatic carbocycles. The van der Waals surface area contributed by atoms with Crippen LogP contribution in [0.15, 0.2) is 0 Å². The van der Waals surface area contributed by atoms with E-state index in [0.717, 1.165) is 0 Å². The van der Waals surface area contributed by atoms with Crippen LogP contribution in [0.25, 0.3) is 0 Å². The second-order valence-electron chi connectivity index (χ2n) is 5.23. The van der Waals surface area contributed by atoms with Gasteiger partial charge in [0, 0.05) is 12.6 Å². The van der Waals surface area contributed by atoms with E-state index in [9.17, 15) is 14.4 Å². The SMILES string of the molecule is COC(=O)CN(CC(=O)NC(=O)NCC(C)C)C(C)C. The van der Waals surface area contributed by atoms with Crippen molar-refractivity contribution in [2.75, 3.05) is 26.7 Å². The predicted molar refractivity (Wildman–Crippen MR) is 75.1 cm³/mol.